The van der Waals surface area contributed by atoms with E-state index in [1.54, 1.807) is 19.1 Å². The van der Waals surface area contributed by atoms with Gasteiger partial charge < -0.3 is 0 Å². The SMILES string of the molecule is Cc1[nH]ncc1S(=O)(=O)N(C)Cc1cccc(F)c1. The Morgan fingerprint density at radius 1 is 1.42 bits per heavy atom. The summed E-state index contributed by atoms with van der Waals surface area (Å²) < 4.78 is 38.8. The number of aromatic nitrogens is 2. The van der Waals surface area contributed by atoms with Gasteiger partial charge in [0, 0.05) is 13.6 Å². The van der Waals surface area contributed by atoms with Gasteiger partial charge in [-0.2, -0.15) is 9.40 Å². The molecule has 1 heterocycles. The highest BCUT2D eigenvalue weighted by Gasteiger charge is 2.24. The first-order valence-corrected chi connectivity index (χ1v) is 7.06. The molecular weight excluding hydrogens is 269 g/mol. The molecule has 2 aromatic rings. The van der Waals surface area contributed by atoms with Crippen LogP contribution >= 0.6 is 0 Å². The smallest absolute Gasteiger partial charge is 0.246 e. The zero-order valence-electron chi connectivity index (χ0n) is 10.6. The monoisotopic (exact) mass is 283 g/mol. The van der Waals surface area contributed by atoms with E-state index < -0.39 is 10.0 Å². The van der Waals surface area contributed by atoms with E-state index in [0.717, 1.165) is 0 Å². The maximum Gasteiger partial charge on any atom is 0.246 e. The number of nitrogens with one attached hydrogen (secondary N) is 1. The van der Waals surface area contributed by atoms with Crippen LogP contribution in [-0.2, 0) is 16.6 Å². The molecule has 0 atom stereocenters. The Morgan fingerprint density at radius 3 is 2.74 bits per heavy atom. The van der Waals surface area contributed by atoms with Gasteiger partial charge in [-0.25, -0.2) is 12.8 Å². The van der Waals surface area contributed by atoms with E-state index in [9.17, 15) is 12.8 Å². The first-order chi connectivity index (χ1) is 8.91. The van der Waals surface area contributed by atoms with Gasteiger partial charge >= 0.3 is 0 Å². The van der Waals surface area contributed by atoms with E-state index in [2.05, 4.69) is 10.2 Å². The number of H-pyrrole nitrogens is 1. The number of benzene rings is 1. The minimum Gasteiger partial charge on any atom is -0.281 e. The van der Waals surface area contributed by atoms with Crippen LogP contribution in [0, 0.1) is 12.7 Å². The van der Waals surface area contributed by atoms with Crippen LogP contribution in [0.25, 0.3) is 0 Å². The van der Waals surface area contributed by atoms with Gasteiger partial charge in [0.1, 0.15) is 10.7 Å². The number of aryl methyl sites for hydroxylation is 1. The zero-order valence-corrected chi connectivity index (χ0v) is 11.4. The number of rotatable bonds is 4. The summed E-state index contributed by atoms with van der Waals surface area (Å²) in [7, 11) is -2.17. The molecule has 1 N–H and O–H groups in total. The molecule has 0 radical (unpaired) electrons. The van der Waals surface area contributed by atoms with E-state index in [4.69, 9.17) is 0 Å². The van der Waals surface area contributed by atoms with Crippen molar-refractivity contribution in [2.24, 2.45) is 0 Å². The van der Waals surface area contributed by atoms with Crippen LogP contribution in [0.4, 0.5) is 4.39 Å². The molecule has 102 valence electrons. The fourth-order valence-corrected chi connectivity index (χ4v) is 3.02. The summed E-state index contributed by atoms with van der Waals surface area (Å²) in [6.45, 7) is 1.74. The fourth-order valence-electron chi connectivity index (χ4n) is 1.75. The lowest BCUT2D eigenvalue weighted by Gasteiger charge is -2.16. The second-order valence-electron chi connectivity index (χ2n) is 4.25. The van der Waals surface area contributed by atoms with E-state index in [1.165, 1.54) is 29.7 Å². The first-order valence-electron chi connectivity index (χ1n) is 5.62. The van der Waals surface area contributed by atoms with Gasteiger partial charge in [-0.3, -0.25) is 5.10 Å². The Hall–Kier alpha value is -1.73. The Labute approximate surface area is 111 Å². The molecule has 7 heteroatoms. The molecule has 1 aromatic heterocycles. The lowest BCUT2D eigenvalue weighted by Crippen LogP contribution is -2.26. The number of sulfonamides is 1. The predicted molar refractivity (Wildman–Crippen MR) is 68.4 cm³/mol. The molecule has 0 fully saturated rings. The van der Waals surface area contributed by atoms with Crippen LogP contribution in [0.2, 0.25) is 0 Å². The van der Waals surface area contributed by atoms with Crippen molar-refractivity contribution < 1.29 is 12.8 Å². The topological polar surface area (TPSA) is 66.1 Å². The molecule has 5 nitrogen and oxygen atoms in total. The predicted octanol–water partition coefficient (Wildman–Crippen LogP) is 1.68. The van der Waals surface area contributed by atoms with Gasteiger partial charge in [-0.05, 0) is 24.6 Å². The number of hydrogen-bond acceptors (Lipinski definition) is 3. The minimum absolute atomic E-state index is 0.102. The number of aromatic amines is 1. The quantitative estimate of drug-likeness (QED) is 0.928. The summed E-state index contributed by atoms with van der Waals surface area (Å²) in [6, 6.07) is 5.86. The van der Waals surface area contributed by atoms with Crippen molar-refractivity contribution in [2.75, 3.05) is 7.05 Å². The Balaban J connectivity index is 2.25. The normalized spacial score (nSPS) is 12.0. The van der Waals surface area contributed by atoms with Crippen LogP contribution in [-0.4, -0.2) is 30.0 Å². The molecule has 19 heavy (non-hydrogen) atoms. The highest BCUT2D eigenvalue weighted by atomic mass is 32.2. The van der Waals surface area contributed by atoms with Gasteiger partial charge in [0.15, 0.2) is 0 Å². The highest BCUT2D eigenvalue weighted by Crippen LogP contribution is 2.18. The van der Waals surface area contributed by atoms with E-state index in [0.29, 0.717) is 11.3 Å². The minimum atomic E-state index is -3.62. The molecule has 2 rings (SSSR count). The summed E-state index contributed by atoms with van der Waals surface area (Å²) in [6.07, 6.45) is 1.27. The van der Waals surface area contributed by atoms with Crippen molar-refractivity contribution in [1.82, 2.24) is 14.5 Å². The highest BCUT2D eigenvalue weighted by molar-refractivity contribution is 7.89. The summed E-state index contributed by atoms with van der Waals surface area (Å²) >= 11 is 0. The van der Waals surface area contributed by atoms with Gasteiger partial charge in [-0.15, -0.1) is 0 Å². The van der Waals surface area contributed by atoms with Crippen molar-refractivity contribution in [3.8, 4) is 0 Å². The average molecular weight is 283 g/mol. The lowest BCUT2D eigenvalue weighted by atomic mass is 10.2. The summed E-state index contributed by atoms with van der Waals surface area (Å²) in [5.74, 6) is -0.386. The van der Waals surface area contributed by atoms with Crippen molar-refractivity contribution in [1.29, 1.82) is 0 Å². The molecule has 1 aromatic carbocycles. The Morgan fingerprint density at radius 2 is 2.16 bits per heavy atom. The number of hydrogen-bond donors (Lipinski definition) is 1. The van der Waals surface area contributed by atoms with E-state index in [1.807, 2.05) is 0 Å². The molecule has 0 unspecified atom stereocenters. The molecular formula is C12H14FN3O2S. The lowest BCUT2D eigenvalue weighted by molar-refractivity contribution is 0.465. The summed E-state index contributed by atoms with van der Waals surface area (Å²) in [5, 5.41) is 6.29. The van der Waals surface area contributed by atoms with Crippen LogP contribution in [0.5, 0.6) is 0 Å². The largest absolute Gasteiger partial charge is 0.281 e. The number of nitrogens with zero attached hydrogens (tertiary/aromatic N) is 2. The third kappa shape index (κ3) is 2.82. The fraction of sp³-hybridized carbons (Fsp3) is 0.250. The van der Waals surface area contributed by atoms with Crippen molar-refractivity contribution >= 4 is 10.0 Å². The molecule has 0 aliphatic heterocycles. The third-order valence-electron chi connectivity index (χ3n) is 2.77. The maximum atomic E-state index is 13.1. The maximum absolute atomic E-state index is 13.1. The summed E-state index contributed by atoms with van der Waals surface area (Å²) in [5.41, 5.74) is 1.07. The first kappa shape index (κ1) is 13.7. The van der Waals surface area contributed by atoms with Crippen LogP contribution < -0.4 is 0 Å². The number of halogens is 1. The van der Waals surface area contributed by atoms with Crippen molar-refractivity contribution in [2.45, 2.75) is 18.4 Å². The van der Waals surface area contributed by atoms with E-state index >= 15 is 0 Å². The van der Waals surface area contributed by atoms with Crippen molar-refractivity contribution in [3.05, 3.63) is 47.5 Å². The standard InChI is InChI=1S/C12H14FN3O2S/c1-9-12(7-14-15-9)19(17,18)16(2)8-10-4-3-5-11(13)6-10/h3-7H,8H2,1-2H3,(H,14,15). The van der Waals surface area contributed by atoms with Gasteiger partial charge in [0.2, 0.25) is 10.0 Å². The van der Waals surface area contributed by atoms with E-state index in [-0.39, 0.29) is 17.3 Å². The average Bonchev–Trinajstić information content (AvgIpc) is 2.76. The van der Waals surface area contributed by atoms with Gasteiger partial charge in [0.25, 0.3) is 0 Å². The third-order valence-corrected chi connectivity index (χ3v) is 4.68. The van der Waals surface area contributed by atoms with Gasteiger partial charge in [-0.1, -0.05) is 12.1 Å². The second kappa shape index (κ2) is 5.10. The Kier molecular flexibility index (Phi) is 3.68. The molecule has 0 amide bonds. The second-order valence-corrected chi connectivity index (χ2v) is 6.26. The van der Waals surface area contributed by atoms with Crippen LogP contribution in [0.1, 0.15) is 11.3 Å². The zero-order chi connectivity index (χ0) is 14.0. The van der Waals surface area contributed by atoms with Gasteiger partial charge in [0.05, 0.1) is 11.9 Å². The van der Waals surface area contributed by atoms with Crippen LogP contribution in [0.3, 0.4) is 0 Å². The van der Waals surface area contributed by atoms with Crippen molar-refractivity contribution in [3.63, 3.8) is 0 Å². The molecule has 0 saturated heterocycles. The molecule has 0 bridgehead atoms. The molecule has 0 aliphatic carbocycles. The van der Waals surface area contributed by atoms with Crippen LogP contribution in [0.15, 0.2) is 35.4 Å². The summed E-state index contributed by atoms with van der Waals surface area (Å²) in [4.78, 5) is 0.131. The Bertz CT molecular complexity index is 682. The molecule has 0 spiro atoms. The molecule has 0 aliphatic rings. The molecule has 0 saturated carbocycles.